The van der Waals surface area contributed by atoms with Crippen LogP contribution >= 0.6 is 7.82 Å². The predicted octanol–water partition coefficient (Wildman–Crippen LogP) is 5.34. The number of nitrogens with zero attached hydrogens (tertiary/aromatic N) is 1. The maximum Gasteiger partial charge on any atom is 0.472 e. The van der Waals surface area contributed by atoms with E-state index in [1.807, 2.05) is 0 Å². The molecular weight excluding hydrogens is 349 g/mol. The summed E-state index contributed by atoms with van der Waals surface area (Å²) in [6, 6.07) is 0. The summed E-state index contributed by atoms with van der Waals surface area (Å²) in [5.74, 6) is 2.36. The zero-order valence-corrected chi connectivity index (χ0v) is 18.7. The normalized spacial score (nSPS) is 24.0. The van der Waals surface area contributed by atoms with E-state index < -0.39 is 7.82 Å². The lowest BCUT2D eigenvalue weighted by atomic mass is 9.85. The van der Waals surface area contributed by atoms with Crippen LogP contribution in [-0.2, 0) is 13.6 Å². The van der Waals surface area contributed by atoms with Crippen LogP contribution in [0.4, 0.5) is 0 Å². The van der Waals surface area contributed by atoms with E-state index in [0.29, 0.717) is 5.92 Å². The van der Waals surface area contributed by atoms with E-state index in [4.69, 9.17) is 9.05 Å². The lowest BCUT2D eigenvalue weighted by Crippen LogP contribution is -2.33. The Morgan fingerprint density at radius 3 is 2.04 bits per heavy atom. The molecule has 1 aliphatic heterocycles. The highest BCUT2D eigenvalue weighted by molar-refractivity contribution is 7.47. The van der Waals surface area contributed by atoms with Crippen molar-refractivity contribution in [3.05, 3.63) is 0 Å². The molecule has 5 unspecified atom stereocenters. The molecule has 0 aliphatic carbocycles. The van der Waals surface area contributed by atoms with Crippen LogP contribution in [-0.4, -0.2) is 42.6 Å². The monoisotopic (exact) mass is 391 g/mol. The second-order valence-corrected chi connectivity index (χ2v) is 10.3. The third-order valence-corrected chi connectivity index (χ3v) is 6.62. The molecule has 0 aromatic heterocycles. The van der Waals surface area contributed by atoms with E-state index in [1.165, 1.54) is 19.3 Å². The molecule has 1 saturated heterocycles. The smallest absolute Gasteiger partial charge is 0.306 e. The molecule has 0 saturated carbocycles. The van der Waals surface area contributed by atoms with Gasteiger partial charge in [-0.05, 0) is 62.8 Å². The number of rotatable bonds is 12. The number of phosphoric acid groups is 1. The molecule has 0 amide bonds. The summed E-state index contributed by atoms with van der Waals surface area (Å²) in [7, 11) is -1.89. The van der Waals surface area contributed by atoms with Crippen molar-refractivity contribution < 1.29 is 18.5 Å². The maximum atomic E-state index is 12.2. The molecule has 0 bridgehead atoms. The Balaban J connectivity index is 2.26. The van der Waals surface area contributed by atoms with Gasteiger partial charge in [0.1, 0.15) is 0 Å². The lowest BCUT2D eigenvalue weighted by Gasteiger charge is -2.30. The molecule has 0 aromatic carbocycles. The van der Waals surface area contributed by atoms with E-state index in [-0.39, 0.29) is 18.6 Å². The summed E-state index contributed by atoms with van der Waals surface area (Å²) >= 11 is 0. The largest absolute Gasteiger partial charge is 0.472 e. The second-order valence-electron chi connectivity index (χ2n) is 8.91. The molecular formula is C20H42NO4P. The topological polar surface area (TPSA) is 59.0 Å². The molecule has 1 fully saturated rings. The summed E-state index contributed by atoms with van der Waals surface area (Å²) in [6.07, 6.45) is 6.14. The average molecular weight is 392 g/mol. The number of likely N-dealkylation sites (tertiary alicyclic amines) is 1. The number of hydrogen-bond acceptors (Lipinski definition) is 4. The fraction of sp³-hybridized carbons (Fsp3) is 1.00. The third-order valence-electron chi connectivity index (χ3n) is 5.58. The molecule has 0 aromatic rings. The molecule has 0 spiro atoms. The third kappa shape index (κ3) is 10.4. The minimum Gasteiger partial charge on any atom is -0.306 e. The molecule has 1 aliphatic rings. The summed E-state index contributed by atoms with van der Waals surface area (Å²) in [5.41, 5.74) is 0. The fourth-order valence-corrected chi connectivity index (χ4v) is 5.11. The van der Waals surface area contributed by atoms with Crippen LogP contribution < -0.4 is 0 Å². The summed E-state index contributed by atoms with van der Waals surface area (Å²) in [6.45, 7) is 13.3. The van der Waals surface area contributed by atoms with Crippen molar-refractivity contribution in [2.75, 3.05) is 26.7 Å². The van der Waals surface area contributed by atoms with Crippen LogP contribution in [0.3, 0.4) is 0 Å². The molecule has 26 heavy (non-hydrogen) atoms. The summed E-state index contributed by atoms with van der Waals surface area (Å²) in [4.78, 5) is 12.2. The zero-order chi connectivity index (χ0) is 19.7. The highest BCUT2D eigenvalue weighted by Crippen LogP contribution is 2.46. The standard InChI is InChI=1S/C20H42NO4P/c1-7-16(2)12-17(3)13-18(4)14-19(5)15-24-26(22,23)25-20-8-10-21(6)11-9-20/h16-20H,7-15H2,1-6H3,(H,22,23). The van der Waals surface area contributed by atoms with Crippen molar-refractivity contribution in [2.24, 2.45) is 23.7 Å². The zero-order valence-electron chi connectivity index (χ0n) is 17.8. The quantitative estimate of drug-likeness (QED) is 0.455. The fourth-order valence-electron chi connectivity index (χ4n) is 4.02. The van der Waals surface area contributed by atoms with Gasteiger partial charge >= 0.3 is 7.82 Å². The van der Waals surface area contributed by atoms with E-state index >= 15 is 0 Å². The van der Waals surface area contributed by atoms with E-state index in [9.17, 15) is 9.46 Å². The first-order chi connectivity index (χ1) is 12.1. The van der Waals surface area contributed by atoms with Gasteiger partial charge in [0.25, 0.3) is 0 Å². The van der Waals surface area contributed by atoms with Crippen molar-refractivity contribution in [1.29, 1.82) is 0 Å². The molecule has 1 heterocycles. The number of phosphoric ester groups is 1. The Bertz CT molecular complexity index is 426. The predicted molar refractivity (Wildman–Crippen MR) is 108 cm³/mol. The number of piperidine rings is 1. The molecule has 1 rings (SSSR count). The van der Waals surface area contributed by atoms with E-state index in [0.717, 1.165) is 44.2 Å². The van der Waals surface area contributed by atoms with Gasteiger partial charge in [-0.15, -0.1) is 0 Å². The van der Waals surface area contributed by atoms with Crippen LogP contribution in [0, 0.1) is 23.7 Å². The summed E-state index contributed by atoms with van der Waals surface area (Å²) in [5, 5.41) is 0. The van der Waals surface area contributed by atoms with Gasteiger partial charge in [-0.25, -0.2) is 4.57 Å². The van der Waals surface area contributed by atoms with Gasteiger partial charge in [-0.2, -0.15) is 0 Å². The van der Waals surface area contributed by atoms with Crippen molar-refractivity contribution in [3.8, 4) is 0 Å². The SMILES string of the molecule is CCC(C)CC(C)CC(C)CC(C)COP(=O)(O)OC1CCN(C)CC1. The van der Waals surface area contributed by atoms with Gasteiger partial charge in [-0.3, -0.25) is 9.05 Å². The molecule has 156 valence electrons. The Labute approximate surface area is 161 Å². The van der Waals surface area contributed by atoms with Gasteiger partial charge in [0.2, 0.25) is 0 Å². The van der Waals surface area contributed by atoms with Crippen LogP contribution in [0.25, 0.3) is 0 Å². The van der Waals surface area contributed by atoms with Crippen molar-refractivity contribution in [3.63, 3.8) is 0 Å². The van der Waals surface area contributed by atoms with Crippen LogP contribution in [0.2, 0.25) is 0 Å². The van der Waals surface area contributed by atoms with Crippen LogP contribution in [0.1, 0.15) is 73.1 Å². The van der Waals surface area contributed by atoms with E-state index in [2.05, 4.69) is 46.6 Å². The lowest BCUT2D eigenvalue weighted by molar-refractivity contribution is 0.0579. The average Bonchev–Trinajstić information content (AvgIpc) is 2.54. The molecule has 6 heteroatoms. The Kier molecular flexibility index (Phi) is 11.0. The van der Waals surface area contributed by atoms with Crippen molar-refractivity contribution in [1.82, 2.24) is 4.90 Å². The van der Waals surface area contributed by atoms with Gasteiger partial charge in [-0.1, -0.05) is 41.0 Å². The Morgan fingerprint density at radius 2 is 1.50 bits per heavy atom. The maximum absolute atomic E-state index is 12.2. The Hall–Kier alpha value is 0.0700. The van der Waals surface area contributed by atoms with Gasteiger partial charge in [0.05, 0.1) is 12.7 Å². The molecule has 5 nitrogen and oxygen atoms in total. The van der Waals surface area contributed by atoms with Crippen LogP contribution in [0.5, 0.6) is 0 Å². The highest BCUT2D eigenvalue weighted by atomic mass is 31.2. The summed E-state index contributed by atoms with van der Waals surface area (Å²) < 4.78 is 22.8. The second kappa shape index (κ2) is 11.8. The minimum atomic E-state index is -3.95. The molecule has 0 radical (unpaired) electrons. The van der Waals surface area contributed by atoms with Crippen molar-refractivity contribution >= 4 is 7.82 Å². The van der Waals surface area contributed by atoms with Gasteiger partial charge < -0.3 is 9.79 Å². The molecule has 1 N–H and O–H groups in total. The van der Waals surface area contributed by atoms with Crippen LogP contribution in [0.15, 0.2) is 0 Å². The molecule has 5 atom stereocenters. The number of hydrogen-bond donors (Lipinski definition) is 1. The van der Waals surface area contributed by atoms with Crippen molar-refractivity contribution in [2.45, 2.75) is 79.2 Å². The first-order valence-electron chi connectivity index (χ1n) is 10.5. The van der Waals surface area contributed by atoms with Gasteiger partial charge in [0, 0.05) is 13.1 Å². The first kappa shape index (κ1) is 24.1. The minimum absolute atomic E-state index is 0.169. The Morgan fingerprint density at radius 1 is 1.00 bits per heavy atom. The van der Waals surface area contributed by atoms with E-state index in [1.54, 1.807) is 0 Å². The first-order valence-corrected chi connectivity index (χ1v) is 11.9. The van der Waals surface area contributed by atoms with Gasteiger partial charge in [0.15, 0.2) is 0 Å². The highest BCUT2D eigenvalue weighted by Gasteiger charge is 2.29.